The second-order valence-corrected chi connectivity index (χ2v) is 3.34. The van der Waals surface area contributed by atoms with E-state index in [-0.39, 0.29) is 6.10 Å². The SMILES string of the molecule is CCCOc1ccc([C@H](O)CC)cc1. The van der Waals surface area contributed by atoms with E-state index in [1.54, 1.807) is 0 Å². The Balaban J connectivity index is 2.59. The Labute approximate surface area is 85.5 Å². The summed E-state index contributed by atoms with van der Waals surface area (Å²) in [6.07, 6.45) is 1.41. The molecule has 0 spiro atoms. The lowest BCUT2D eigenvalue weighted by molar-refractivity contribution is 0.173. The van der Waals surface area contributed by atoms with Crippen LogP contribution in [0.1, 0.15) is 38.4 Å². The first kappa shape index (κ1) is 11.1. The fraction of sp³-hybridized carbons (Fsp3) is 0.500. The van der Waals surface area contributed by atoms with Gasteiger partial charge in [-0.15, -0.1) is 0 Å². The molecule has 2 nitrogen and oxygen atoms in total. The summed E-state index contributed by atoms with van der Waals surface area (Å²) in [5, 5.41) is 9.56. The van der Waals surface area contributed by atoms with Crippen molar-refractivity contribution in [1.29, 1.82) is 0 Å². The number of aliphatic hydroxyl groups excluding tert-OH is 1. The van der Waals surface area contributed by atoms with Crippen LogP contribution in [0.5, 0.6) is 5.75 Å². The van der Waals surface area contributed by atoms with E-state index in [9.17, 15) is 5.11 Å². The first-order chi connectivity index (χ1) is 6.77. The van der Waals surface area contributed by atoms with E-state index in [0.717, 1.165) is 30.8 Å². The van der Waals surface area contributed by atoms with E-state index >= 15 is 0 Å². The van der Waals surface area contributed by atoms with Crippen LogP contribution in [0.25, 0.3) is 0 Å². The molecule has 0 aliphatic carbocycles. The average Bonchev–Trinajstić information content (AvgIpc) is 2.26. The maximum atomic E-state index is 9.56. The van der Waals surface area contributed by atoms with Gasteiger partial charge in [0.05, 0.1) is 12.7 Å². The normalized spacial score (nSPS) is 12.5. The van der Waals surface area contributed by atoms with Crippen molar-refractivity contribution < 1.29 is 9.84 Å². The summed E-state index contributed by atoms with van der Waals surface area (Å²) in [6.45, 7) is 4.79. The first-order valence-electron chi connectivity index (χ1n) is 5.18. The van der Waals surface area contributed by atoms with Gasteiger partial charge in [-0.3, -0.25) is 0 Å². The number of aliphatic hydroxyl groups is 1. The zero-order chi connectivity index (χ0) is 10.4. The molecule has 0 saturated heterocycles. The van der Waals surface area contributed by atoms with E-state index in [0.29, 0.717) is 0 Å². The maximum absolute atomic E-state index is 9.56. The third-order valence-corrected chi connectivity index (χ3v) is 2.12. The molecule has 78 valence electrons. The Bertz CT molecular complexity index is 254. The van der Waals surface area contributed by atoms with Crippen molar-refractivity contribution >= 4 is 0 Å². The van der Waals surface area contributed by atoms with Crippen LogP contribution in [-0.4, -0.2) is 11.7 Å². The highest BCUT2D eigenvalue weighted by atomic mass is 16.5. The first-order valence-corrected chi connectivity index (χ1v) is 5.18. The molecule has 0 bridgehead atoms. The summed E-state index contributed by atoms with van der Waals surface area (Å²) < 4.78 is 5.44. The largest absolute Gasteiger partial charge is 0.494 e. The fourth-order valence-electron chi connectivity index (χ4n) is 1.24. The van der Waals surface area contributed by atoms with E-state index in [1.807, 2.05) is 31.2 Å². The molecule has 0 radical (unpaired) electrons. The lowest BCUT2D eigenvalue weighted by atomic mass is 10.1. The fourth-order valence-corrected chi connectivity index (χ4v) is 1.24. The monoisotopic (exact) mass is 194 g/mol. The van der Waals surface area contributed by atoms with Crippen molar-refractivity contribution in [2.24, 2.45) is 0 Å². The third kappa shape index (κ3) is 3.04. The predicted molar refractivity (Wildman–Crippen MR) is 57.5 cm³/mol. The van der Waals surface area contributed by atoms with Crippen LogP contribution < -0.4 is 4.74 Å². The average molecular weight is 194 g/mol. The number of hydrogen-bond donors (Lipinski definition) is 1. The smallest absolute Gasteiger partial charge is 0.119 e. The topological polar surface area (TPSA) is 29.5 Å². The van der Waals surface area contributed by atoms with Crippen molar-refractivity contribution in [1.82, 2.24) is 0 Å². The predicted octanol–water partition coefficient (Wildman–Crippen LogP) is 2.92. The van der Waals surface area contributed by atoms with Gasteiger partial charge in [0.25, 0.3) is 0 Å². The second kappa shape index (κ2) is 5.66. The molecule has 0 aliphatic heterocycles. The highest BCUT2D eigenvalue weighted by Gasteiger charge is 2.03. The molecular formula is C12H18O2. The van der Waals surface area contributed by atoms with Gasteiger partial charge < -0.3 is 9.84 Å². The molecule has 14 heavy (non-hydrogen) atoms. The molecule has 1 atom stereocenters. The number of benzene rings is 1. The highest BCUT2D eigenvalue weighted by Crippen LogP contribution is 2.19. The van der Waals surface area contributed by atoms with Crippen LogP contribution in [0, 0.1) is 0 Å². The minimum atomic E-state index is -0.352. The third-order valence-electron chi connectivity index (χ3n) is 2.12. The summed E-state index contributed by atoms with van der Waals surface area (Å²) in [6, 6.07) is 7.64. The Kier molecular flexibility index (Phi) is 4.47. The minimum Gasteiger partial charge on any atom is -0.494 e. The maximum Gasteiger partial charge on any atom is 0.119 e. The van der Waals surface area contributed by atoms with Crippen molar-refractivity contribution in [2.45, 2.75) is 32.8 Å². The van der Waals surface area contributed by atoms with Crippen LogP contribution in [0.15, 0.2) is 24.3 Å². The second-order valence-electron chi connectivity index (χ2n) is 3.34. The number of rotatable bonds is 5. The van der Waals surface area contributed by atoms with Gasteiger partial charge in [-0.1, -0.05) is 26.0 Å². The van der Waals surface area contributed by atoms with Gasteiger partial charge >= 0.3 is 0 Å². The van der Waals surface area contributed by atoms with Crippen molar-refractivity contribution in [3.05, 3.63) is 29.8 Å². The molecule has 1 rings (SSSR count). The molecule has 0 fully saturated rings. The Hall–Kier alpha value is -1.02. The molecule has 1 aromatic rings. The van der Waals surface area contributed by atoms with Gasteiger partial charge in [0.2, 0.25) is 0 Å². The van der Waals surface area contributed by atoms with Crippen molar-refractivity contribution in [3.63, 3.8) is 0 Å². The molecule has 0 unspecified atom stereocenters. The quantitative estimate of drug-likeness (QED) is 0.781. The Morgan fingerprint density at radius 2 is 1.86 bits per heavy atom. The molecule has 0 heterocycles. The summed E-state index contributed by atoms with van der Waals surface area (Å²) in [5.74, 6) is 0.874. The van der Waals surface area contributed by atoms with E-state index < -0.39 is 0 Å². The van der Waals surface area contributed by atoms with Gasteiger partial charge in [-0.2, -0.15) is 0 Å². The van der Waals surface area contributed by atoms with Crippen molar-refractivity contribution in [3.8, 4) is 5.75 Å². The molecule has 0 amide bonds. The molecule has 0 aliphatic rings. The number of ether oxygens (including phenoxy) is 1. The van der Waals surface area contributed by atoms with Crippen LogP contribution >= 0.6 is 0 Å². The van der Waals surface area contributed by atoms with Crippen LogP contribution in [0.2, 0.25) is 0 Å². The standard InChI is InChI=1S/C12H18O2/c1-3-9-14-11-7-5-10(6-8-11)12(13)4-2/h5-8,12-13H,3-4,9H2,1-2H3/t12-/m1/s1. The van der Waals surface area contributed by atoms with Crippen LogP contribution in [0.4, 0.5) is 0 Å². The van der Waals surface area contributed by atoms with E-state index in [1.165, 1.54) is 0 Å². The zero-order valence-corrected chi connectivity index (χ0v) is 8.86. The minimum absolute atomic E-state index is 0.352. The van der Waals surface area contributed by atoms with Gasteiger partial charge in [0, 0.05) is 0 Å². The molecule has 1 N–H and O–H groups in total. The summed E-state index contributed by atoms with van der Waals surface area (Å²) in [5.41, 5.74) is 0.955. The molecule has 1 aromatic carbocycles. The van der Waals surface area contributed by atoms with E-state index in [4.69, 9.17) is 4.74 Å². The summed E-state index contributed by atoms with van der Waals surface area (Å²) in [7, 11) is 0. The summed E-state index contributed by atoms with van der Waals surface area (Å²) >= 11 is 0. The van der Waals surface area contributed by atoms with Gasteiger partial charge in [0.15, 0.2) is 0 Å². The molecule has 0 aromatic heterocycles. The molecular weight excluding hydrogens is 176 g/mol. The van der Waals surface area contributed by atoms with Crippen LogP contribution in [-0.2, 0) is 0 Å². The summed E-state index contributed by atoms with van der Waals surface area (Å²) in [4.78, 5) is 0. The van der Waals surface area contributed by atoms with Gasteiger partial charge in [0.1, 0.15) is 5.75 Å². The lowest BCUT2D eigenvalue weighted by Gasteiger charge is -2.09. The molecule has 2 heteroatoms. The highest BCUT2D eigenvalue weighted by molar-refractivity contribution is 5.28. The van der Waals surface area contributed by atoms with Gasteiger partial charge in [-0.05, 0) is 30.5 Å². The Morgan fingerprint density at radius 1 is 1.21 bits per heavy atom. The van der Waals surface area contributed by atoms with E-state index in [2.05, 4.69) is 6.92 Å². The zero-order valence-electron chi connectivity index (χ0n) is 8.86. The van der Waals surface area contributed by atoms with Crippen molar-refractivity contribution in [2.75, 3.05) is 6.61 Å². The van der Waals surface area contributed by atoms with Gasteiger partial charge in [-0.25, -0.2) is 0 Å². The molecule has 0 saturated carbocycles. The lowest BCUT2D eigenvalue weighted by Crippen LogP contribution is -1.97. The van der Waals surface area contributed by atoms with Crippen LogP contribution in [0.3, 0.4) is 0 Å². The Morgan fingerprint density at radius 3 is 2.36 bits per heavy atom. The number of hydrogen-bond acceptors (Lipinski definition) is 2.